The minimum atomic E-state index is -1.59. The Bertz CT molecular complexity index is 331. The standard InChI is InChI=1S/C16H27IOSi/c1-3-5-7-11-15-19(17,14-6-4-2)18-16-12-9-8-10-13-16/h8-10,12-13H,3-7,11,14-15H2,1-2H3. The molecule has 0 N–H and O–H groups in total. The number of hydrogen-bond acceptors (Lipinski definition) is 1. The molecule has 0 saturated carbocycles. The quantitative estimate of drug-likeness (QED) is 0.197. The second-order valence-corrected chi connectivity index (χ2v) is 14.1. The predicted molar refractivity (Wildman–Crippen MR) is 95.5 cm³/mol. The fourth-order valence-electron chi connectivity index (χ4n) is 2.18. The van der Waals surface area contributed by atoms with Crippen LogP contribution in [0, 0.1) is 0 Å². The van der Waals surface area contributed by atoms with Gasteiger partial charge in [0.1, 0.15) is 5.75 Å². The Hall–Kier alpha value is -0.0331. The molecule has 0 heterocycles. The largest absolute Gasteiger partial charge is 0.534 e. The van der Waals surface area contributed by atoms with Crippen LogP contribution in [0.25, 0.3) is 0 Å². The fraction of sp³-hybridized carbons (Fsp3) is 0.625. The highest BCUT2D eigenvalue weighted by atomic mass is 127. The van der Waals surface area contributed by atoms with E-state index in [9.17, 15) is 0 Å². The van der Waals surface area contributed by atoms with Crippen molar-refractivity contribution in [2.75, 3.05) is 0 Å². The van der Waals surface area contributed by atoms with E-state index >= 15 is 0 Å². The molecule has 0 aromatic heterocycles. The molecule has 1 rings (SSSR count). The highest BCUT2D eigenvalue weighted by Gasteiger charge is 2.32. The normalized spacial score (nSPS) is 14.1. The lowest BCUT2D eigenvalue weighted by Crippen LogP contribution is -2.34. The monoisotopic (exact) mass is 390 g/mol. The van der Waals surface area contributed by atoms with Crippen molar-refractivity contribution in [1.29, 1.82) is 0 Å². The molecule has 0 aliphatic rings. The lowest BCUT2D eigenvalue weighted by atomic mass is 10.2. The van der Waals surface area contributed by atoms with Crippen LogP contribution in [0.1, 0.15) is 52.4 Å². The molecule has 0 spiro atoms. The van der Waals surface area contributed by atoms with Gasteiger partial charge in [-0.05, 0) is 24.2 Å². The van der Waals surface area contributed by atoms with Gasteiger partial charge in [0.2, 0.25) is 0 Å². The summed E-state index contributed by atoms with van der Waals surface area (Å²) in [5, 5.41) is 0. The molecular formula is C16H27IOSi. The van der Waals surface area contributed by atoms with E-state index in [4.69, 9.17) is 4.43 Å². The second kappa shape index (κ2) is 9.81. The van der Waals surface area contributed by atoms with E-state index in [1.165, 1.54) is 50.6 Å². The lowest BCUT2D eigenvalue weighted by molar-refractivity contribution is 0.545. The van der Waals surface area contributed by atoms with Crippen molar-refractivity contribution in [2.24, 2.45) is 0 Å². The first-order valence-corrected chi connectivity index (χ1v) is 13.1. The van der Waals surface area contributed by atoms with Gasteiger partial charge >= 0.3 is 5.81 Å². The first-order valence-electron chi connectivity index (χ1n) is 7.63. The molecule has 0 aliphatic carbocycles. The highest BCUT2D eigenvalue weighted by molar-refractivity contribution is 14.1. The first-order chi connectivity index (χ1) is 9.20. The summed E-state index contributed by atoms with van der Waals surface area (Å²) in [5.41, 5.74) is 0. The average molecular weight is 390 g/mol. The Morgan fingerprint density at radius 3 is 2.16 bits per heavy atom. The fourth-order valence-corrected chi connectivity index (χ4v) is 7.91. The van der Waals surface area contributed by atoms with Gasteiger partial charge in [0, 0.05) is 0 Å². The van der Waals surface area contributed by atoms with Gasteiger partial charge < -0.3 is 4.43 Å². The number of rotatable bonds is 10. The summed E-state index contributed by atoms with van der Waals surface area (Å²) in [5.74, 6) is -0.526. The van der Waals surface area contributed by atoms with E-state index in [1.54, 1.807) is 0 Å². The van der Waals surface area contributed by atoms with Crippen molar-refractivity contribution >= 4 is 27.6 Å². The minimum absolute atomic E-state index is 1.06. The van der Waals surface area contributed by atoms with Crippen LogP contribution >= 0.6 is 21.8 Å². The van der Waals surface area contributed by atoms with Crippen LogP contribution in [0.3, 0.4) is 0 Å². The molecule has 1 aromatic rings. The van der Waals surface area contributed by atoms with Crippen molar-refractivity contribution < 1.29 is 4.43 Å². The van der Waals surface area contributed by atoms with E-state index in [0.717, 1.165) is 5.75 Å². The molecule has 0 amide bonds. The van der Waals surface area contributed by atoms with Crippen LogP contribution in [-0.4, -0.2) is 5.81 Å². The molecule has 0 fully saturated rings. The van der Waals surface area contributed by atoms with Crippen LogP contribution in [0.15, 0.2) is 30.3 Å². The molecule has 0 radical (unpaired) electrons. The molecule has 1 atom stereocenters. The number of benzene rings is 1. The van der Waals surface area contributed by atoms with Crippen molar-refractivity contribution in [3.05, 3.63) is 30.3 Å². The lowest BCUT2D eigenvalue weighted by Gasteiger charge is -2.26. The maximum Gasteiger partial charge on any atom is 0.316 e. The topological polar surface area (TPSA) is 9.23 Å². The zero-order chi connectivity index (χ0) is 14.0. The van der Waals surface area contributed by atoms with Crippen molar-refractivity contribution in [3.8, 4) is 5.75 Å². The maximum absolute atomic E-state index is 6.41. The smallest absolute Gasteiger partial charge is 0.316 e. The van der Waals surface area contributed by atoms with Gasteiger partial charge in [0.25, 0.3) is 0 Å². The molecule has 19 heavy (non-hydrogen) atoms. The highest BCUT2D eigenvalue weighted by Crippen LogP contribution is 2.31. The zero-order valence-electron chi connectivity index (χ0n) is 12.3. The van der Waals surface area contributed by atoms with E-state index in [0.29, 0.717) is 0 Å². The third kappa shape index (κ3) is 7.35. The molecule has 0 saturated heterocycles. The summed E-state index contributed by atoms with van der Waals surface area (Å²) in [6.07, 6.45) is 7.93. The number of para-hydroxylation sites is 1. The van der Waals surface area contributed by atoms with Gasteiger partial charge in [-0.25, -0.2) is 0 Å². The first kappa shape index (κ1) is 17.0. The Balaban J connectivity index is 2.53. The molecular weight excluding hydrogens is 363 g/mol. The predicted octanol–water partition coefficient (Wildman–Crippen LogP) is 6.32. The van der Waals surface area contributed by atoms with Crippen molar-refractivity contribution in [2.45, 2.75) is 64.5 Å². The van der Waals surface area contributed by atoms with Crippen LogP contribution in [0.4, 0.5) is 0 Å². The summed E-state index contributed by atoms with van der Waals surface area (Å²) in [6.45, 7) is 4.54. The van der Waals surface area contributed by atoms with Gasteiger partial charge in [0.15, 0.2) is 0 Å². The third-order valence-electron chi connectivity index (χ3n) is 3.35. The van der Waals surface area contributed by atoms with E-state index in [2.05, 4.69) is 66.0 Å². The number of hydrogen-bond donors (Lipinski definition) is 0. The SMILES string of the molecule is CCCCCC[Si](I)(CCCC)Oc1ccccc1. The molecule has 0 bridgehead atoms. The Morgan fingerprint density at radius 1 is 0.895 bits per heavy atom. The number of halogens is 1. The van der Waals surface area contributed by atoms with Gasteiger partial charge in [-0.3, -0.25) is 0 Å². The van der Waals surface area contributed by atoms with Crippen molar-refractivity contribution in [3.63, 3.8) is 0 Å². The maximum atomic E-state index is 6.41. The number of unbranched alkanes of at least 4 members (excludes halogenated alkanes) is 4. The summed E-state index contributed by atoms with van der Waals surface area (Å²) in [4.78, 5) is 0. The van der Waals surface area contributed by atoms with Gasteiger partial charge in [0.05, 0.1) is 0 Å². The molecule has 3 heteroatoms. The molecule has 0 aliphatic heterocycles. The van der Waals surface area contributed by atoms with Gasteiger partial charge in [-0.15, -0.1) is 0 Å². The Kier molecular flexibility index (Phi) is 8.78. The van der Waals surface area contributed by atoms with Crippen molar-refractivity contribution in [1.82, 2.24) is 0 Å². The molecule has 108 valence electrons. The van der Waals surface area contributed by atoms with Gasteiger partial charge in [-0.1, -0.05) is 92.4 Å². The van der Waals surface area contributed by atoms with Crippen LogP contribution in [-0.2, 0) is 0 Å². The molecule has 1 nitrogen and oxygen atoms in total. The zero-order valence-corrected chi connectivity index (χ0v) is 15.5. The van der Waals surface area contributed by atoms with Crippen LogP contribution in [0.5, 0.6) is 5.75 Å². The average Bonchev–Trinajstić information content (AvgIpc) is 2.43. The summed E-state index contributed by atoms with van der Waals surface area (Å²) < 4.78 is 6.41. The van der Waals surface area contributed by atoms with Crippen LogP contribution < -0.4 is 4.43 Å². The third-order valence-corrected chi connectivity index (χ3v) is 10.1. The van der Waals surface area contributed by atoms with Gasteiger partial charge in [-0.2, -0.15) is 0 Å². The summed E-state index contributed by atoms with van der Waals surface area (Å²) in [6, 6.07) is 13.0. The summed E-state index contributed by atoms with van der Waals surface area (Å²) >= 11 is 2.67. The second-order valence-electron chi connectivity index (χ2n) is 5.21. The minimum Gasteiger partial charge on any atom is -0.534 e. The summed E-state index contributed by atoms with van der Waals surface area (Å²) in [7, 11) is 0. The van der Waals surface area contributed by atoms with E-state index < -0.39 is 5.81 Å². The molecule has 1 unspecified atom stereocenters. The van der Waals surface area contributed by atoms with E-state index in [-0.39, 0.29) is 0 Å². The van der Waals surface area contributed by atoms with Crippen LogP contribution in [0.2, 0.25) is 12.1 Å². The molecule has 1 aromatic carbocycles. The Morgan fingerprint density at radius 2 is 1.53 bits per heavy atom. The van der Waals surface area contributed by atoms with E-state index in [1.807, 2.05) is 0 Å². The Labute approximate surface area is 132 Å².